The van der Waals surface area contributed by atoms with Crippen LogP contribution in [0.3, 0.4) is 0 Å². The number of non-ortho nitro benzene ring substituents is 1. The van der Waals surface area contributed by atoms with E-state index in [4.69, 9.17) is 0 Å². The molecule has 2 aliphatic carbocycles. The van der Waals surface area contributed by atoms with E-state index in [-0.39, 0.29) is 17.6 Å². The number of nitro groups is 1. The van der Waals surface area contributed by atoms with Crippen LogP contribution in [-0.2, 0) is 17.6 Å². The van der Waals surface area contributed by atoms with Gasteiger partial charge < -0.3 is 4.90 Å². The Morgan fingerprint density at radius 2 is 1.81 bits per heavy atom. The van der Waals surface area contributed by atoms with Crippen LogP contribution in [0.5, 0.6) is 0 Å². The van der Waals surface area contributed by atoms with Crippen LogP contribution in [0.4, 0.5) is 5.69 Å². The van der Waals surface area contributed by atoms with Gasteiger partial charge in [-0.15, -0.1) is 0 Å². The Bertz CT molecular complexity index is 827. The molecule has 26 heavy (non-hydrogen) atoms. The minimum Gasteiger partial charge on any atom is -0.332 e. The van der Waals surface area contributed by atoms with E-state index in [9.17, 15) is 14.9 Å². The summed E-state index contributed by atoms with van der Waals surface area (Å²) in [5.74, 6) is 0.128. The van der Waals surface area contributed by atoms with E-state index in [1.54, 1.807) is 12.1 Å². The highest BCUT2D eigenvalue weighted by Crippen LogP contribution is 2.41. The lowest BCUT2D eigenvalue weighted by Crippen LogP contribution is -2.39. The Hall–Kier alpha value is -2.69. The molecule has 1 atom stereocenters. The molecule has 1 fully saturated rings. The van der Waals surface area contributed by atoms with Crippen molar-refractivity contribution in [3.8, 4) is 0 Å². The first-order valence-electron chi connectivity index (χ1n) is 9.26. The first-order valence-corrected chi connectivity index (χ1v) is 9.26. The molecule has 0 aromatic heterocycles. The molecule has 0 radical (unpaired) electrons. The smallest absolute Gasteiger partial charge is 0.269 e. The largest absolute Gasteiger partial charge is 0.332 e. The molecule has 0 N–H and O–H groups in total. The summed E-state index contributed by atoms with van der Waals surface area (Å²) in [6.07, 6.45) is 5.65. The maximum absolute atomic E-state index is 13.1. The van der Waals surface area contributed by atoms with Gasteiger partial charge in [0.2, 0.25) is 5.91 Å². The number of benzene rings is 2. The topological polar surface area (TPSA) is 63.4 Å². The zero-order valence-corrected chi connectivity index (χ0v) is 14.6. The van der Waals surface area contributed by atoms with Gasteiger partial charge in [0.1, 0.15) is 0 Å². The van der Waals surface area contributed by atoms with Gasteiger partial charge in [-0.1, -0.05) is 36.4 Å². The molecule has 4 rings (SSSR count). The van der Waals surface area contributed by atoms with Crippen LogP contribution in [0, 0.1) is 10.1 Å². The van der Waals surface area contributed by atoms with Gasteiger partial charge in [-0.05, 0) is 48.8 Å². The summed E-state index contributed by atoms with van der Waals surface area (Å²) in [7, 11) is 0. The van der Waals surface area contributed by atoms with E-state index in [1.807, 2.05) is 0 Å². The highest BCUT2D eigenvalue weighted by Gasteiger charge is 2.39. The summed E-state index contributed by atoms with van der Waals surface area (Å²) in [6.45, 7) is 0. The average molecular weight is 350 g/mol. The number of carbonyl (C=O) groups excluding carboxylic acids is 1. The molecule has 5 nitrogen and oxygen atoms in total. The summed E-state index contributed by atoms with van der Waals surface area (Å²) in [6, 6.07) is 15.3. The Morgan fingerprint density at radius 3 is 2.50 bits per heavy atom. The van der Waals surface area contributed by atoms with E-state index in [1.165, 1.54) is 23.3 Å². The van der Waals surface area contributed by atoms with Gasteiger partial charge in [0.15, 0.2) is 0 Å². The summed E-state index contributed by atoms with van der Waals surface area (Å²) in [5.41, 5.74) is 3.54. The highest BCUT2D eigenvalue weighted by molar-refractivity contribution is 5.80. The Balaban J connectivity index is 1.56. The second-order valence-electron chi connectivity index (χ2n) is 7.24. The minimum absolute atomic E-state index is 0.0569. The van der Waals surface area contributed by atoms with E-state index < -0.39 is 4.92 Å². The van der Waals surface area contributed by atoms with Crippen molar-refractivity contribution in [2.45, 2.75) is 50.6 Å². The van der Waals surface area contributed by atoms with Crippen LogP contribution in [0.2, 0.25) is 0 Å². The van der Waals surface area contributed by atoms with Crippen molar-refractivity contribution in [1.82, 2.24) is 4.90 Å². The van der Waals surface area contributed by atoms with Crippen molar-refractivity contribution in [2.75, 3.05) is 0 Å². The summed E-state index contributed by atoms with van der Waals surface area (Å²) in [4.78, 5) is 25.6. The van der Waals surface area contributed by atoms with Crippen LogP contribution in [0.15, 0.2) is 48.5 Å². The molecule has 2 aromatic rings. The molecule has 2 aromatic carbocycles. The van der Waals surface area contributed by atoms with E-state index in [2.05, 4.69) is 29.2 Å². The molecular formula is C21H22N2O3. The third-order valence-electron chi connectivity index (χ3n) is 5.40. The highest BCUT2D eigenvalue weighted by atomic mass is 16.6. The number of fused-ring (bicyclic) bond motifs is 1. The molecule has 134 valence electrons. The van der Waals surface area contributed by atoms with Gasteiger partial charge in [-0.25, -0.2) is 0 Å². The molecule has 5 heteroatoms. The maximum atomic E-state index is 13.1. The summed E-state index contributed by atoms with van der Waals surface area (Å²) in [5, 5.41) is 10.8. The fourth-order valence-corrected chi connectivity index (χ4v) is 4.00. The van der Waals surface area contributed by atoms with Gasteiger partial charge in [0, 0.05) is 18.2 Å². The number of nitro benzene ring substituents is 1. The fourth-order valence-electron chi connectivity index (χ4n) is 4.00. The van der Waals surface area contributed by atoms with Crippen LogP contribution >= 0.6 is 0 Å². The van der Waals surface area contributed by atoms with Crippen molar-refractivity contribution >= 4 is 11.6 Å². The fraction of sp³-hybridized carbons (Fsp3) is 0.381. The number of nitrogens with zero attached hydrogens (tertiary/aromatic N) is 2. The number of amides is 1. The first-order chi connectivity index (χ1) is 12.6. The van der Waals surface area contributed by atoms with E-state index in [0.717, 1.165) is 37.7 Å². The molecule has 1 saturated carbocycles. The standard InChI is InChI=1S/C21H22N2O3/c24-21(14-15-8-10-18(11-9-15)23(25)26)22(17-12-13-17)20-7-3-5-16-4-1-2-6-19(16)20/h1-2,4,6,8-11,17,20H,3,5,7,12-14H2. The van der Waals surface area contributed by atoms with Gasteiger partial charge in [0.05, 0.1) is 17.4 Å². The Kier molecular flexibility index (Phi) is 4.45. The molecule has 2 aliphatic rings. The molecule has 0 aliphatic heterocycles. The minimum atomic E-state index is -0.416. The molecular weight excluding hydrogens is 328 g/mol. The van der Waals surface area contributed by atoms with Gasteiger partial charge in [-0.2, -0.15) is 0 Å². The first kappa shape index (κ1) is 16.8. The van der Waals surface area contributed by atoms with Crippen molar-refractivity contribution < 1.29 is 9.72 Å². The van der Waals surface area contributed by atoms with Gasteiger partial charge >= 0.3 is 0 Å². The number of hydrogen-bond acceptors (Lipinski definition) is 3. The lowest BCUT2D eigenvalue weighted by Gasteiger charge is -2.36. The molecule has 0 bridgehead atoms. The van der Waals surface area contributed by atoms with Gasteiger partial charge in [0.25, 0.3) is 5.69 Å². The second-order valence-corrected chi connectivity index (χ2v) is 7.24. The lowest BCUT2D eigenvalue weighted by atomic mass is 9.86. The number of aryl methyl sites for hydroxylation is 1. The second kappa shape index (κ2) is 6.90. The van der Waals surface area contributed by atoms with Crippen molar-refractivity contribution in [2.24, 2.45) is 0 Å². The lowest BCUT2D eigenvalue weighted by molar-refractivity contribution is -0.384. The maximum Gasteiger partial charge on any atom is 0.269 e. The summed E-state index contributed by atoms with van der Waals surface area (Å²) >= 11 is 0. The predicted octanol–water partition coefficient (Wildman–Crippen LogP) is 4.21. The molecule has 1 unspecified atom stereocenters. The normalized spacial score (nSPS) is 18.8. The Labute approximate surface area is 152 Å². The third kappa shape index (κ3) is 3.34. The van der Waals surface area contributed by atoms with E-state index in [0.29, 0.717) is 12.5 Å². The van der Waals surface area contributed by atoms with Crippen LogP contribution in [-0.4, -0.2) is 21.8 Å². The SMILES string of the molecule is O=C(Cc1ccc([N+](=O)[O-])cc1)N(C1CC1)C1CCCc2ccccc21. The number of hydrogen-bond donors (Lipinski definition) is 0. The molecule has 0 spiro atoms. The molecule has 0 heterocycles. The van der Waals surface area contributed by atoms with Crippen molar-refractivity contribution in [3.05, 3.63) is 75.3 Å². The van der Waals surface area contributed by atoms with Crippen LogP contribution < -0.4 is 0 Å². The molecule has 1 amide bonds. The monoisotopic (exact) mass is 350 g/mol. The van der Waals surface area contributed by atoms with Crippen molar-refractivity contribution in [1.29, 1.82) is 0 Å². The zero-order valence-electron chi connectivity index (χ0n) is 14.6. The third-order valence-corrected chi connectivity index (χ3v) is 5.40. The quantitative estimate of drug-likeness (QED) is 0.599. The average Bonchev–Trinajstić information content (AvgIpc) is 3.47. The molecule has 0 saturated heterocycles. The zero-order chi connectivity index (χ0) is 18.1. The Morgan fingerprint density at radius 1 is 1.08 bits per heavy atom. The van der Waals surface area contributed by atoms with Crippen LogP contribution in [0.1, 0.15) is 48.4 Å². The predicted molar refractivity (Wildman–Crippen MR) is 98.8 cm³/mol. The van der Waals surface area contributed by atoms with E-state index >= 15 is 0 Å². The van der Waals surface area contributed by atoms with Crippen LogP contribution in [0.25, 0.3) is 0 Å². The number of carbonyl (C=O) groups is 1. The van der Waals surface area contributed by atoms with Gasteiger partial charge in [-0.3, -0.25) is 14.9 Å². The summed E-state index contributed by atoms with van der Waals surface area (Å²) < 4.78 is 0. The van der Waals surface area contributed by atoms with Crippen molar-refractivity contribution in [3.63, 3.8) is 0 Å². The number of rotatable bonds is 5.